The monoisotopic (exact) mass is 206 g/mol. The standard InChI is InChI=1S/C12H14O3/c13-11(14)8-12(15)6-5-9-3-1-2-4-10(9)7-12/h1-4,15H,5-8H2,(H,13,14). The van der Waals surface area contributed by atoms with Crippen LogP contribution >= 0.6 is 0 Å². The van der Waals surface area contributed by atoms with Gasteiger partial charge in [-0.15, -0.1) is 0 Å². The van der Waals surface area contributed by atoms with Crippen LogP contribution < -0.4 is 0 Å². The summed E-state index contributed by atoms with van der Waals surface area (Å²) in [4.78, 5) is 10.6. The Kier molecular flexibility index (Phi) is 2.49. The van der Waals surface area contributed by atoms with E-state index in [1.54, 1.807) is 0 Å². The lowest BCUT2D eigenvalue weighted by molar-refractivity contribution is -0.143. The van der Waals surface area contributed by atoms with Crippen LogP contribution in [-0.4, -0.2) is 21.8 Å². The molecule has 3 heteroatoms. The lowest BCUT2D eigenvalue weighted by atomic mass is 9.79. The van der Waals surface area contributed by atoms with E-state index < -0.39 is 11.6 Å². The van der Waals surface area contributed by atoms with E-state index in [0.29, 0.717) is 12.8 Å². The highest BCUT2D eigenvalue weighted by atomic mass is 16.4. The molecule has 0 bridgehead atoms. The van der Waals surface area contributed by atoms with Crippen LogP contribution in [0.4, 0.5) is 0 Å². The Labute approximate surface area is 88.4 Å². The summed E-state index contributed by atoms with van der Waals surface area (Å²) in [6.45, 7) is 0. The SMILES string of the molecule is O=C(O)CC1(O)CCc2ccccc2C1. The third-order valence-electron chi connectivity index (χ3n) is 2.98. The molecule has 0 saturated heterocycles. The topological polar surface area (TPSA) is 57.5 Å². The average molecular weight is 206 g/mol. The number of fused-ring (bicyclic) bond motifs is 1. The molecule has 15 heavy (non-hydrogen) atoms. The normalized spacial score (nSPS) is 24.6. The second-order valence-electron chi connectivity index (χ2n) is 4.24. The summed E-state index contributed by atoms with van der Waals surface area (Å²) in [7, 11) is 0. The molecule has 1 atom stereocenters. The van der Waals surface area contributed by atoms with Crippen LogP contribution in [0.1, 0.15) is 24.0 Å². The molecule has 2 rings (SSSR count). The second-order valence-corrected chi connectivity index (χ2v) is 4.24. The Bertz CT molecular complexity index is 386. The number of benzene rings is 1. The van der Waals surface area contributed by atoms with Crippen molar-refractivity contribution in [2.45, 2.75) is 31.3 Å². The van der Waals surface area contributed by atoms with Gasteiger partial charge in [0.05, 0.1) is 12.0 Å². The summed E-state index contributed by atoms with van der Waals surface area (Å²) in [5, 5.41) is 18.8. The highest BCUT2D eigenvalue weighted by Gasteiger charge is 2.33. The van der Waals surface area contributed by atoms with Gasteiger partial charge in [-0.25, -0.2) is 0 Å². The van der Waals surface area contributed by atoms with Gasteiger partial charge in [-0.1, -0.05) is 24.3 Å². The molecule has 2 N–H and O–H groups in total. The van der Waals surface area contributed by atoms with Gasteiger partial charge in [-0.2, -0.15) is 0 Å². The van der Waals surface area contributed by atoms with Crippen molar-refractivity contribution in [3.8, 4) is 0 Å². The molecular formula is C12H14O3. The van der Waals surface area contributed by atoms with Crippen molar-refractivity contribution in [1.82, 2.24) is 0 Å². The van der Waals surface area contributed by atoms with Crippen LogP contribution in [0.2, 0.25) is 0 Å². The lowest BCUT2D eigenvalue weighted by Gasteiger charge is -2.32. The summed E-state index contributed by atoms with van der Waals surface area (Å²) >= 11 is 0. The van der Waals surface area contributed by atoms with Crippen molar-refractivity contribution in [2.75, 3.05) is 0 Å². The highest BCUT2D eigenvalue weighted by molar-refractivity contribution is 5.68. The molecule has 3 nitrogen and oxygen atoms in total. The molecule has 0 amide bonds. The van der Waals surface area contributed by atoms with Gasteiger partial charge in [0.25, 0.3) is 0 Å². The van der Waals surface area contributed by atoms with E-state index in [1.165, 1.54) is 5.56 Å². The van der Waals surface area contributed by atoms with Gasteiger partial charge in [0.1, 0.15) is 0 Å². The Balaban J connectivity index is 2.21. The van der Waals surface area contributed by atoms with Crippen LogP contribution in [-0.2, 0) is 17.6 Å². The number of aliphatic hydroxyl groups is 1. The lowest BCUT2D eigenvalue weighted by Crippen LogP contribution is -2.37. The Morgan fingerprint density at radius 2 is 2.00 bits per heavy atom. The van der Waals surface area contributed by atoms with Gasteiger partial charge in [-0.3, -0.25) is 4.79 Å². The fraction of sp³-hybridized carbons (Fsp3) is 0.417. The molecule has 1 aliphatic carbocycles. The minimum atomic E-state index is -1.06. The fourth-order valence-corrected chi connectivity index (χ4v) is 2.22. The van der Waals surface area contributed by atoms with Crippen LogP contribution in [0.25, 0.3) is 0 Å². The summed E-state index contributed by atoms with van der Waals surface area (Å²) in [6.07, 6.45) is 1.59. The van der Waals surface area contributed by atoms with Gasteiger partial charge in [-0.05, 0) is 24.0 Å². The van der Waals surface area contributed by atoms with Crippen LogP contribution in [0.5, 0.6) is 0 Å². The molecule has 0 saturated carbocycles. The quantitative estimate of drug-likeness (QED) is 0.768. The maximum atomic E-state index is 10.6. The molecule has 0 aliphatic heterocycles. The highest BCUT2D eigenvalue weighted by Crippen LogP contribution is 2.30. The molecular weight excluding hydrogens is 192 g/mol. The van der Waals surface area contributed by atoms with Gasteiger partial charge in [0.15, 0.2) is 0 Å². The van der Waals surface area contributed by atoms with Crippen molar-refractivity contribution in [2.24, 2.45) is 0 Å². The summed E-state index contributed by atoms with van der Waals surface area (Å²) in [6, 6.07) is 7.89. The van der Waals surface area contributed by atoms with Gasteiger partial charge in [0, 0.05) is 6.42 Å². The first-order valence-corrected chi connectivity index (χ1v) is 5.10. The number of carboxylic acids is 1. The summed E-state index contributed by atoms with van der Waals surface area (Å²) < 4.78 is 0. The summed E-state index contributed by atoms with van der Waals surface area (Å²) in [5.74, 6) is -0.933. The van der Waals surface area contributed by atoms with Crippen molar-refractivity contribution >= 4 is 5.97 Å². The molecule has 0 radical (unpaired) electrons. The minimum Gasteiger partial charge on any atom is -0.481 e. The zero-order valence-corrected chi connectivity index (χ0v) is 8.44. The van der Waals surface area contributed by atoms with Gasteiger partial charge in [0.2, 0.25) is 0 Å². The summed E-state index contributed by atoms with van der Waals surface area (Å²) in [5.41, 5.74) is 1.25. The maximum Gasteiger partial charge on any atom is 0.306 e. The zero-order valence-electron chi connectivity index (χ0n) is 8.44. The molecule has 0 aromatic heterocycles. The fourth-order valence-electron chi connectivity index (χ4n) is 2.22. The Hall–Kier alpha value is -1.35. The van der Waals surface area contributed by atoms with Crippen LogP contribution in [0, 0.1) is 0 Å². The smallest absolute Gasteiger partial charge is 0.306 e. The number of aryl methyl sites for hydroxylation is 1. The first-order chi connectivity index (χ1) is 7.09. The number of carbonyl (C=O) groups is 1. The second kappa shape index (κ2) is 3.66. The van der Waals surface area contributed by atoms with E-state index in [-0.39, 0.29) is 6.42 Å². The van der Waals surface area contributed by atoms with E-state index in [9.17, 15) is 9.90 Å². The van der Waals surface area contributed by atoms with E-state index in [2.05, 4.69) is 0 Å². The first-order valence-electron chi connectivity index (χ1n) is 5.10. The van der Waals surface area contributed by atoms with Gasteiger partial charge >= 0.3 is 5.97 Å². The van der Waals surface area contributed by atoms with Crippen LogP contribution in [0.15, 0.2) is 24.3 Å². The molecule has 0 heterocycles. The average Bonchev–Trinajstić information content (AvgIpc) is 2.15. The largest absolute Gasteiger partial charge is 0.481 e. The molecule has 0 spiro atoms. The minimum absolute atomic E-state index is 0.165. The van der Waals surface area contributed by atoms with Crippen molar-refractivity contribution < 1.29 is 15.0 Å². The molecule has 1 aliphatic rings. The van der Waals surface area contributed by atoms with Crippen molar-refractivity contribution in [3.05, 3.63) is 35.4 Å². The number of rotatable bonds is 2. The van der Waals surface area contributed by atoms with Crippen molar-refractivity contribution in [3.63, 3.8) is 0 Å². The zero-order chi connectivity index (χ0) is 10.9. The van der Waals surface area contributed by atoms with Crippen LogP contribution in [0.3, 0.4) is 0 Å². The van der Waals surface area contributed by atoms with E-state index >= 15 is 0 Å². The van der Waals surface area contributed by atoms with Crippen molar-refractivity contribution in [1.29, 1.82) is 0 Å². The number of hydrogen-bond acceptors (Lipinski definition) is 2. The predicted octanol–water partition coefficient (Wildman–Crippen LogP) is 1.38. The van der Waals surface area contributed by atoms with Gasteiger partial charge < -0.3 is 10.2 Å². The Morgan fingerprint density at radius 3 is 2.67 bits per heavy atom. The third kappa shape index (κ3) is 2.18. The van der Waals surface area contributed by atoms with E-state index in [4.69, 9.17) is 5.11 Å². The maximum absolute atomic E-state index is 10.6. The Morgan fingerprint density at radius 1 is 1.33 bits per heavy atom. The van der Waals surface area contributed by atoms with E-state index in [0.717, 1.165) is 12.0 Å². The molecule has 1 aromatic rings. The number of carboxylic acid groups (broad SMARTS) is 1. The predicted molar refractivity (Wildman–Crippen MR) is 55.7 cm³/mol. The first kappa shape index (κ1) is 10.2. The molecule has 0 fully saturated rings. The number of aliphatic carboxylic acids is 1. The molecule has 1 aromatic carbocycles. The van der Waals surface area contributed by atoms with E-state index in [1.807, 2.05) is 24.3 Å². The molecule has 1 unspecified atom stereocenters. The molecule has 80 valence electrons. The number of hydrogen-bond donors (Lipinski definition) is 2. The third-order valence-corrected chi connectivity index (χ3v) is 2.98.